The van der Waals surface area contributed by atoms with Crippen molar-refractivity contribution in [1.82, 2.24) is 5.32 Å². The van der Waals surface area contributed by atoms with Crippen molar-refractivity contribution >= 4 is 16.2 Å². The summed E-state index contributed by atoms with van der Waals surface area (Å²) in [5, 5.41) is 12.0. The predicted octanol–water partition coefficient (Wildman–Crippen LogP) is 3.44. The molecule has 0 saturated heterocycles. The lowest BCUT2D eigenvalue weighted by atomic mass is 10.1. The van der Waals surface area contributed by atoms with E-state index >= 15 is 0 Å². The summed E-state index contributed by atoms with van der Waals surface area (Å²) < 4.78 is 34.4. The average molecular weight is 424 g/mol. The molecule has 1 atom stereocenters. The van der Waals surface area contributed by atoms with Crippen LogP contribution in [-0.2, 0) is 21.3 Å². The molecule has 0 aliphatic heterocycles. The quantitative estimate of drug-likeness (QED) is 0.614. The molecule has 0 heterocycles. The van der Waals surface area contributed by atoms with Gasteiger partial charge in [-0.1, -0.05) is 48.5 Å². The Balaban J connectivity index is 0.000000352. The van der Waals surface area contributed by atoms with Crippen LogP contribution in [-0.4, -0.2) is 42.4 Å². The van der Waals surface area contributed by atoms with Crippen LogP contribution in [0.5, 0.6) is 0 Å². The lowest BCUT2D eigenvalue weighted by Gasteiger charge is -2.22. The van der Waals surface area contributed by atoms with E-state index in [9.17, 15) is 18.3 Å². The maximum Gasteiger partial charge on any atom is 0.407 e. The molecule has 1 amide bonds. The summed E-state index contributed by atoms with van der Waals surface area (Å²) in [5.74, 6) is 0. The molecule has 0 aliphatic rings. The molecule has 8 heteroatoms. The molecule has 0 aromatic heterocycles. The van der Waals surface area contributed by atoms with Gasteiger partial charge in [-0.3, -0.25) is 4.55 Å². The Morgan fingerprint density at radius 3 is 1.97 bits per heavy atom. The number of hydrogen-bond acceptors (Lipinski definition) is 5. The van der Waals surface area contributed by atoms with Gasteiger partial charge < -0.3 is 15.2 Å². The highest BCUT2D eigenvalue weighted by molar-refractivity contribution is 7.85. The summed E-state index contributed by atoms with van der Waals surface area (Å²) in [5.41, 5.74) is 0.663. The maximum absolute atomic E-state index is 11.6. The molecule has 160 valence electrons. The molecule has 2 aromatic rings. The number of carbonyl (C=O) groups is 1. The summed E-state index contributed by atoms with van der Waals surface area (Å²) in [7, 11) is -4.00. The van der Waals surface area contributed by atoms with Gasteiger partial charge in [0.25, 0.3) is 10.1 Å². The van der Waals surface area contributed by atoms with E-state index in [-0.39, 0.29) is 17.5 Å². The fourth-order valence-electron chi connectivity index (χ4n) is 2.26. The summed E-state index contributed by atoms with van der Waals surface area (Å²) in [6.45, 7) is 5.34. The number of hydrogen-bond donors (Lipinski definition) is 3. The van der Waals surface area contributed by atoms with Gasteiger partial charge in [-0.05, 0) is 51.3 Å². The lowest BCUT2D eigenvalue weighted by molar-refractivity contribution is 0.0479. The minimum Gasteiger partial charge on any atom is -0.444 e. The molecule has 0 fully saturated rings. The number of alkyl carbamates (subject to hydrolysis) is 1. The Morgan fingerprint density at radius 2 is 1.55 bits per heavy atom. The number of aryl methyl sites for hydroxylation is 1. The Hall–Kier alpha value is -2.42. The molecular formula is C21H29NO6S. The molecule has 2 aromatic carbocycles. The largest absolute Gasteiger partial charge is 0.444 e. The average Bonchev–Trinajstić information content (AvgIpc) is 2.65. The van der Waals surface area contributed by atoms with Gasteiger partial charge in [0.2, 0.25) is 0 Å². The van der Waals surface area contributed by atoms with Crippen LogP contribution >= 0.6 is 0 Å². The van der Waals surface area contributed by atoms with Crippen molar-refractivity contribution in [2.24, 2.45) is 0 Å². The predicted molar refractivity (Wildman–Crippen MR) is 111 cm³/mol. The minimum atomic E-state index is -4.00. The first-order valence-corrected chi connectivity index (χ1v) is 10.6. The summed E-state index contributed by atoms with van der Waals surface area (Å²) in [6.07, 6.45) is 1.00. The number of aliphatic hydroxyl groups is 1. The van der Waals surface area contributed by atoms with Crippen LogP contribution in [0.4, 0.5) is 4.79 Å². The highest BCUT2D eigenvalue weighted by atomic mass is 32.2. The Labute approximate surface area is 172 Å². The van der Waals surface area contributed by atoms with Gasteiger partial charge in [-0.15, -0.1) is 0 Å². The molecule has 29 heavy (non-hydrogen) atoms. The van der Waals surface area contributed by atoms with Crippen LogP contribution in [0.2, 0.25) is 0 Å². The normalized spacial score (nSPS) is 12.3. The van der Waals surface area contributed by atoms with Crippen molar-refractivity contribution in [3.8, 4) is 0 Å². The number of nitrogens with one attached hydrogen (secondary N) is 1. The third-order valence-corrected chi connectivity index (χ3v) is 4.47. The second kappa shape index (κ2) is 11.5. The minimum absolute atomic E-state index is 0.0741. The summed E-state index contributed by atoms with van der Waals surface area (Å²) >= 11 is 0. The molecule has 2 rings (SSSR count). The summed E-state index contributed by atoms with van der Waals surface area (Å²) in [4.78, 5) is 11.5. The number of aliphatic hydroxyl groups excluding tert-OH is 1. The van der Waals surface area contributed by atoms with Crippen molar-refractivity contribution in [3.05, 3.63) is 66.2 Å². The van der Waals surface area contributed by atoms with Crippen molar-refractivity contribution in [3.63, 3.8) is 0 Å². The molecule has 0 aliphatic carbocycles. The van der Waals surface area contributed by atoms with Gasteiger partial charge in [-0.25, -0.2) is 4.79 Å². The number of ether oxygens (including phenoxy) is 1. The lowest BCUT2D eigenvalue weighted by Crippen LogP contribution is -2.41. The highest BCUT2D eigenvalue weighted by Crippen LogP contribution is 2.09. The third-order valence-electron chi connectivity index (χ3n) is 3.61. The van der Waals surface area contributed by atoms with E-state index in [4.69, 9.17) is 9.29 Å². The van der Waals surface area contributed by atoms with Crippen LogP contribution in [0.15, 0.2) is 65.6 Å². The van der Waals surface area contributed by atoms with E-state index in [0.717, 1.165) is 6.42 Å². The molecule has 0 radical (unpaired) electrons. The zero-order valence-corrected chi connectivity index (χ0v) is 17.7. The number of carbonyl (C=O) groups excluding carboxylic acids is 1. The first-order valence-electron chi connectivity index (χ1n) is 9.18. The zero-order valence-electron chi connectivity index (χ0n) is 16.9. The third kappa shape index (κ3) is 11.2. The van der Waals surface area contributed by atoms with Gasteiger partial charge >= 0.3 is 6.09 Å². The number of benzene rings is 2. The van der Waals surface area contributed by atoms with Gasteiger partial charge in [0.1, 0.15) is 5.60 Å². The van der Waals surface area contributed by atoms with Crippen LogP contribution in [0.25, 0.3) is 0 Å². The smallest absolute Gasteiger partial charge is 0.407 e. The van der Waals surface area contributed by atoms with E-state index in [2.05, 4.69) is 5.32 Å². The van der Waals surface area contributed by atoms with Gasteiger partial charge in [0.05, 0.1) is 17.5 Å². The van der Waals surface area contributed by atoms with Gasteiger partial charge in [0.15, 0.2) is 0 Å². The van der Waals surface area contributed by atoms with Gasteiger partial charge in [0, 0.05) is 0 Å². The van der Waals surface area contributed by atoms with E-state index in [1.54, 1.807) is 18.2 Å². The standard InChI is InChI=1S/C15H23NO3.C6H6O3S/c1-15(2,3)19-14(18)16-13(11-17)10-9-12-7-5-4-6-8-12;7-10(8,9)6-4-2-1-3-5-6/h4-8,13,17H,9-11H2,1-3H3,(H,16,18);1-5H,(H,7,8,9)/t13-;/m0./s1. The maximum atomic E-state index is 11.6. The van der Waals surface area contributed by atoms with Crippen molar-refractivity contribution in [2.75, 3.05) is 6.61 Å². The second-order valence-electron chi connectivity index (χ2n) is 7.34. The van der Waals surface area contributed by atoms with Crippen LogP contribution < -0.4 is 5.32 Å². The van der Waals surface area contributed by atoms with Crippen molar-refractivity contribution in [1.29, 1.82) is 0 Å². The molecule has 0 spiro atoms. The number of amides is 1. The molecule has 0 bridgehead atoms. The Morgan fingerprint density at radius 1 is 1.03 bits per heavy atom. The van der Waals surface area contributed by atoms with E-state index in [0.29, 0.717) is 6.42 Å². The van der Waals surface area contributed by atoms with Crippen LogP contribution in [0.3, 0.4) is 0 Å². The molecule has 0 saturated carbocycles. The first kappa shape index (κ1) is 24.6. The molecule has 7 nitrogen and oxygen atoms in total. The fourth-order valence-corrected chi connectivity index (χ4v) is 2.76. The Bertz CT molecular complexity index is 832. The van der Waals surface area contributed by atoms with Crippen molar-refractivity contribution < 1.29 is 27.6 Å². The molecular weight excluding hydrogens is 394 g/mol. The summed E-state index contributed by atoms with van der Waals surface area (Å²) in [6, 6.07) is 17.1. The second-order valence-corrected chi connectivity index (χ2v) is 8.76. The SMILES string of the molecule is CC(C)(C)OC(=O)N[C@H](CO)CCc1ccccc1.O=S(=O)(O)c1ccccc1. The Kier molecular flexibility index (Phi) is 9.80. The van der Waals surface area contributed by atoms with Crippen LogP contribution in [0.1, 0.15) is 32.8 Å². The van der Waals surface area contributed by atoms with E-state index < -0.39 is 21.8 Å². The van der Waals surface area contributed by atoms with E-state index in [1.165, 1.54) is 17.7 Å². The first-order chi connectivity index (χ1) is 13.5. The van der Waals surface area contributed by atoms with Crippen molar-refractivity contribution in [2.45, 2.75) is 50.2 Å². The topological polar surface area (TPSA) is 113 Å². The molecule has 0 unspecified atom stereocenters. The van der Waals surface area contributed by atoms with Crippen LogP contribution in [0, 0.1) is 0 Å². The highest BCUT2D eigenvalue weighted by Gasteiger charge is 2.19. The van der Waals surface area contributed by atoms with Gasteiger partial charge in [-0.2, -0.15) is 8.42 Å². The van der Waals surface area contributed by atoms with E-state index in [1.807, 2.05) is 51.1 Å². The number of rotatable bonds is 6. The molecule has 3 N–H and O–H groups in total. The zero-order chi connectivity index (χ0) is 21.9. The fraction of sp³-hybridized carbons (Fsp3) is 0.381. The monoisotopic (exact) mass is 423 g/mol.